The van der Waals surface area contributed by atoms with Crippen LogP contribution in [0.2, 0.25) is 5.02 Å². The fraction of sp³-hybridized carbons (Fsp3) is 0.323. The lowest BCUT2D eigenvalue weighted by Gasteiger charge is -2.36. The average molecular weight is 581 g/mol. The van der Waals surface area contributed by atoms with Crippen LogP contribution in [0.4, 0.5) is 8.78 Å². The molecule has 7 nitrogen and oxygen atoms in total. The molecule has 1 aromatic carbocycles. The lowest BCUT2D eigenvalue weighted by molar-refractivity contribution is 0.228. The molecule has 2 aliphatic rings. The number of aliphatic imine (C=N–C) groups is 1. The van der Waals surface area contributed by atoms with Crippen LogP contribution in [0.3, 0.4) is 0 Å². The SMILES string of the molecule is C=C1N=C(c2ccn(CC)n2)N(C(C)c2cc(F)cc(F)c2)C(O)=C1C(=C)N1CCC(c2ccc(Cl)cn2)C1.CC. The average Bonchev–Trinajstić information content (AvgIpc) is 3.64. The van der Waals surface area contributed by atoms with Gasteiger partial charge in [0.15, 0.2) is 5.84 Å². The number of amidine groups is 1. The Hall–Kier alpha value is -3.98. The molecule has 1 N–H and O–H groups in total. The van der Waals surface area contributed by atoms with E-state index in [2.05, 4.69) is 28.1 Å². The number of halogens is 3. The first kappa shape index (κ1) is 30.0. The Morgan fingerprint density at radius 2 is 1.88 bits per heavy atom. The van der Waals surface area contributed by atoms with E-state index in [9.17, 15) is 13.9 Å². The Balaban J connectivity index is 0.00000189. The Labute approximate surface area is 244 Å². The van der Waals surface area contributed by atoms with Gasteiger partial charge in [0, 0.05) is 55.4 Å². The molecule has 2 aliphatic heterocycles. The highest BCUT2D eigenvalue weighted by Crippen LogP contribution is 2.39. The molecule has 0 aliphatic carbocycles. The van der Waals surface area contributed by atoms with E-state index >= 15 is 0 Å². The molecule has 1 saturated heterocycles. The summed E-state index contributed by atoms with van der Waals surface area (Å²) in [6, 6.07) is 8.12. The molecule has 0 amide bonds. The largest absolute Gasteiger partial charge is 0.494 e. The van der Waals surface area contributed by atoms with Crippen LogP contribution in [-0.2, 0) is 6.54 Å². The summed E-state index contributed by atoms with van der Waals surface area (Å²) in [5.74, 6) is -1.09. The van der Waals surface area contributed by atoms with Gasteiger partial charge in [-0.1, -0.05) is 38.6 Å². The van der Waals surface area contributed by atoms with E-state index < -0.39 is 17.7 Å². The molecule has 2 unspecified atom stereocenters. The maximum Gasteiger partial charge on any atom is 0.205 e. The Bertz CT molecular complexity index is 1480. The van der Waals surface area contributed by atoms with Gasteiger partial charge >= 0.3 is 0 Å². The number of aryl methyl sites for hydroxylation is 1. The Morgan fingerprint density at radius 1 is 1.17 bits per heavy atom. The quantitative estimate of drug-likeness (QED) is 0.316. The summed E-state index contributed by atoms with van der Waals surface area (Å²) in [5, 5.41) is 16.9. The predicted molar refractivity (Wildman–Crippen MR) is 159 cm³/mol. The molecular weight excluding hydrogens is 546 g/mol. The first-order valence-corrected chi connectivity index (χ1v) is 14.1. The summed E-state index contributed by atoms with van der Waals surface area (Å²) in [6.07, 6.45) is 4.28. The summed E-state index contributed by atoms with van der Waals surface area (Å²) < 4.78 is 30.1. The van der Waals surface area contributed by atoms with Gasteiger partial charge < -0.3 is 10.0 Å². The van der Waals surface area contributed by atoms with Crippen molar-refractivity contribution in [1.29, 1.82) is 0 Å². The fourth-order valence-electron chi connectivity index (χ4n) is 5.09. The second-order valence-electron chi connectivity index (χ2n) is 9.67. The maximum absolute atomic E-state index is 14.2. The van der Waals surface area contributed by atoms with Gasteiger partial charge in [-0.15, -0.1) is 0 Å². The van der Waals surface area contributed by atoms with Crippen molar-refractivity contribution in [2.45, 2.75) is 52.6 Å². The maximum atomic E-state index is 14.2. The fourth-order valence-corrected chi connectivity index (χ4v) is 5.20. The summed E-state index contributed by atoms with van der Waals surface area (Å²) in [5.41, 5.74) is 2.99. The van der Waals surface area contributed by atoms with E-state index in [1.165, 1.54) is 17.0 Å². The molecule has 3 aromatic rings. The molecular formula is C31H35ClF2N6O. The molecule has 0 spiro atoms. The first-order valence-electron chi connectivity index (χ1n) is 13.7. The van der Waals surface area contributed by atoms with Crippen molar-refractivity contribution >= 4 is 17.4 Å². The summed E-state index contributed by atoms with van der Waals surface area (Å²) in [6.45, 7) is 18.1. The second-order valence-corrected chi connectivity index (χ2v) is 10.1. The molecule has 0 bridgehead atoms. The third-order valence-electron chi connectivity index (χ3n) is 7.18. The standard InChI is InChI=1S/C29H29ClF2N6O.C2H6/c1-5-37-11-9-26(35-37)28-34-17(2)27(29(39)38(28)18(3)21-12-23(31)14-24(32)13-21)19(4)36-10-8-20(16-36)25-7-6-22(30)15-33-25;1-2/h6-7,9,11-15,18,20,39H,2,4-5,8,10,16H2,1,3H3;1-2H3. The smallest absolute Gasteiger partial charge is 0.205 e. The second kappa shape index (κ2) is 12.7. The van der Waals surface area contributed by atoms with E-state index in [-0.39, 0.29) is 11.8 Å². The van der Waals surface area contributed by atoms with Crippen molar-refractivity contribution < 1.29 is 13.9 Å². The van der Waals surface area contributed by atoms with Gasteiger partial charge in [-0.2, -0.15) is 5.10 Å². The predicted octanol–water partition coefficient (Wildman–Crippen LogP) is 7.37. The lowest BCUT2D eigenvalue weighted by Crippen LogP contribution is -2.38. The van der Waals surface area contributed by atoms with Crippen LogP contribution in [-0.4, -0.2) is 48.6 Å². The number of aromatic nitrogens is 3. The summed E-state index contributed by atoms with van der Waals surface area (Å²) >= 11 is 6.00. The number of pyridine rings is 1. The highest BCUT2D eigenvalue weighted by Gasteiger charge is 2.36. The molecule has 1 fully saturated rings. The first-order chi connectivity index (χ1) is 19.7. The highest BCUT2D eigenvalue weighted by atomic mass is 35.5. The molecule has 0 saturated carbocycles. The van der Waals surface area contributed by atoms with E-state index in [0.29, 0.717) is 58.7 Å². The Kier molecular flexibility index (Phi) is 9.28. The van der Waals surface area contributed by atoms with Gasteiger partial charge in [0.05, 0.1) is 22.3 Å². The van der Waals surface area contributed by atoms with Gasteiger partial charge in [-0.3, -0.25) is 14.6 Å². The lowest BCUT2D eigenvalue weighted by atomic mass is 10.0. The monoisotopic (exact) mass is 580 g/mol. The third kappa shape index (κ3) is 6.20. The van der Waals surface area contributed by atoms with Gasteiger partial charge in [-0.05, 0) is 56.2 Å². The number of aliphatic hydroxyl groups is 1. The topological polar surface area (TPSA) is 69.8 Å². The number of hydrogen-bond acceptors (Lipinski definition) is 6. The van der Waals surface area contributed by atoms with Crippen LogP contribution in [0.25, 0.3) is 0 Å². The zero-order valence-corrected chi connectivity index (χ0v) is 24.5. The number of hydrogen-bond donors (Lipinski definition) is 1. The number of benzene rings is 1. The molecule has 10 heteroatoms. The molecule has 0 radical (unpaired) electrons. The van der Waals surface area contributed by atoms with Crippen molar-refractivity contribution in [3.63, 3.8) is 0 Å². The van der Waals surface area contributed by atoms with Gasteiger partial charge in [0.25, 0.3) is 0 Å². The summed E-state index contributed by atoms with van der Waals surface area (Å²) in [7, 11) is 0. The van der Waals surface area contributed by atoms with Gasteiger partial charge in [0.2, 0.25) is 5.88 Å². The molecule has 2 atom stereocenters. The number of rotatable bonds is 7. The van der Waals surface area contributed by atoms with Crippen molar-refractivity contribution in [2.75, 3.05) is 13.1 Å². The third-order valence-corrected chi connectivity index (χ3v) is 7.41. The van der Waals surface area contributed by atoms with Gasteiger partial charge in [0.1, 0.15) is 17.3 Å². The van der Waals surface area contributed by atoms with Crippen molar-refractivity contribution in [3.8, 4) is 0 Å². The minimum atomic E-state index is -0.709. The van der Waals surface area contributed by atoms with Crippen molar-refractivity contribution in [3.05, 3.63) is 118 Å². The minimum absolute atomic E-state index is 0.161. The highest BCUT2D eigenvalue weighted by molar-refractivity contribution is 6.30. The zero-order valence-electron chi connectivity index (χ0n) is 23.8. The molecule has 5 rings (SSSR count). The number of aliphatic hydroxyl groups excluding tert-OH is 1. The number of nitrogens with zero attached hydrogens (tertiary/aromatic N) is 6. The minimum Gasteiger partial charge on any atom is -0.494 e. The van der Waals surface area contributed by atoms with E-state index in [0.717, 1.165) is 18.2 Å². The molecule has 216 valence electrons. The molecule has 4 heterocycles. The van der Waals surface area contributed by atoms with Crippen LogP contribution in [0.1, 0.15) is 63.0 Å². The summed E-state index contributed by atoms with van der Waals surface area (Å²) in [4.78, 5) is 12.8. The van der Waals surface area contributed by atoms with Crippen LogP contribution in [0, 0.1) is 11.6 Å². The zero-order chi connectivity index (χ0) is 29.8. The van der Waals surface area contributed by atoms with Crippen molar-refractivity contribution in [1.82, 2.24) is 24.6 Å². The van der Waals surface area contributed by atoms with Crippen LogP contribution in [0.5, 0.6) is 0 Å². The van der Waals surface area contributed by atoms with Crippen molar-refractivity contribution in [2.24, 2.45) is 4.99 Å². The van der Waals surface area contributed by atoms with E-state index in [1.807, 2.05) is 32.9 Å². The number of likely N-dealkylation sites (tertiary alicyclic amines) is 1. The van der Waals surface area contributed by atoms with Gasteiger partial charge in [-0.25, -0.2) is 13.8 Å². The molecule has 2 aromatic heterocycles. The van der Waals surface area contributed by atoms with Crippen LogP contribution < -0.4 is 0 Å². The Morgan fingerprint density at radius 3 is 2.49 bits per heavy atom. The van der Waals surface area contributed by atoms with Crippen LogP contribution >= 0.6 is 11.6 Å². The van der Waals surface area contributed by atoms with Crippen LogP contribution in [0.15, 0.2) is 89.8 Å². The van der Waals surface area contributed by atoms with E-state index in [4.69, 9.17) is 16.6 Å². The molecule has 41 heavy (non-hydrogen) atoms. The normalized spacial score (nSPS) is 17.8. The van der Waals surface area contributed by atoms with E-state index in [1.54, 1.807) is 30.1 Å².